The summed E-state index contributed by atoms with van der Waals surface area (Å²) < 4.78 is 99.0. The molecule has 0 N–H and O–H groups in total. The van der Waals surface area contributed by atoms with Crippen LogP contribution in [-0.4, -0.2) is 18.3 Å². The summed E-state index contributed by atoms with van der Waals surface area (Å²) >= 11 is 0. The second-order valence-corrected chi connectivity index (χ2v) is 8.88. The Bertz CT molecular complexity index is 1730. The Morgan fingerprint density at radius 2 is 1.38 bits per heavy atom. The molecule has 1 fully saturated rings. The molecule has 160 valence electrons. The molecule has 3 heteroatoms. The molecule has 1 saturated heterocycles. The summed E-state index contributed by atoms with van der Waals surface area (Å²) in [4.78, 5) is 0. The number of fused-ring (bicyclic) bond motifs is 1. The molecule has 0 aromatic heterocycles. The highest BCUT2D eigenvalue weighted by atomic mass is 16.7. The van der Waals surface area contributed by atoms with E-state index in [0.717, 1.165) is 0 Å². The van der Waals surface area contributed by atoms with E-state index in [2.05, 4.69) is 0 Å². The van der Waals surface area contributed by atoms with Crippen LogP contribution >= 0.6 is 0 Å². The minimum Gasteiger partial charge on any atom is -0.399 e. The lowest BCUT2D eigenvalue weighted by molar-refractivity contribution is 0.00578. The SMILES string of the molecule is [2H]c1c([2H])c(B2OC(C)(C)C(C)(C)O2)c([2H])c([2H])c1Cc1c([2H])c([2H])c(-c2ccccc2)c2c([2H])c([2H])c([2H])c([2H])c12. The van der Waals surface area contributed by atoms with Crippen LogP contribution in [0.4, 0.5) is 0 Å². The van der Waals surface area contributed by atoms with Crippen molar-refractivity contribution < 1.29 is 23.0 Å². The van der Waals surface area contributed by atoms with Crippen LogP contribution in [0.3, 0.4) is 0 Å². The van der Waals surface area contributed by atoms with Crippen LogP contribution in [0.25, 0.3) is 21.9 Å². The first kappa shape index (κ1) is 12.4. The van der Waals surface area contributed by atoms with Gasteiger partial charge >= 0.3 is 7.12 Å². The predicted octanol–water partition coefficient (Wildman–Crippen LogP) is 6.40. The molecule has 0 radical (unpaired) electrons. The maximum atomic E-state index is 8.93. The topological polar surface area (TPSA) is 18.5 Å². The van der Waals surface area contributed by atoms with E-state index < -0.39 is 36.4 Å². The zero-order valence-electron chi connectivity index (χ0n) is 28.5. The fourth-order valence-electron chi connectivity index (χ4n) is 3.64. The van der Waals surface area contributed by atoms with Gasteiger partial charge in [-0.15, -0.1) is 0 Å². The van der Waals surface area contributed by atoms with Crippen LogP contribution in [0, 0.1) is 0 Å². The van der Waals surface area contributed by atoms with Gasteiger partial charge in [0.2, 0.25) is 0 Å². The van der Waals surface area contributed by atoms with Gasteiger partial charge in [-0.3, -0.25) is 0 Å². The van der Waals surface area contributed by atoms with Crippen molar-refractivity contribution in [2.24, 2.45) is 0 Å². The molecule has 1 heterocycles. The molecular weight excluding hydrogens is 391 g/mol. The van der Waals surface area contributed by atoms with Gasteiger partial charge < -0.3 is 9.31 Å². The van der Waals surface area contributed by atoms with E-state index >= 15 is 0 Å². The van der Waals surface area contributed by atoms with Gasteiger partial charge in [-0.2, -0.15) is 0 Å². The molecule has 0 bridgehead atoms. The van der Waals surface area contributed by atoms with E-state index in [1.807, 2.05) is 27.7 Å². The quantitative estimate of drug-likeness (QED) is 0.349. The highest BCUT2D eigenvalue weighted by Crippen LogP contribution is 2.36. The Kier molecular flexibility index (Phi) is 3.06. The van der Waals surface area contributed by atoms with Gasteiger partial charge in [0.05, 0.1) is 24.9 Å². The van der Waals surface area contributed by atoms with E-state index in [9.17, 15) is 0 Å². The summed E-state index contributed by atoms with van der Waals surface area (Å²) in [7, 11) is -1.14. The maximum absolute atomic E-state index is 8.93. The molecule has 1 aliphatic heterocycles. The molecule has 4 aromatic carbocycles. The van der Waals surface area contributed by atoms with Gasteiger partial charge in [-0.05, 0) is 72.6 Å². The molecule has 0 saturated carbocycles. The molecule has 1 aliphatic rings. The number of rotatable bonds is 4. The molecule has 0 unspecified atom stereocenters. The summed E-state index contributed by atoms with van der Waals surface area (Å²) in [5.41, 5.74) is -0.952. The van der Waals surface area contributed by atoms with Crippen molar-refractivity contribution in [2.75, 3.05) is 0 Å². The van der Waals surface area contributed by atoms with Crippen molar-refractivity contribution in [3.63, 3.8) is 0 Å². The number of hydrogen-bond acceptors (Lipinski definition) is 2. The van der Waals surface area contributed by atoms with Gasteiger partial charge in [0.25, 0.3) is 0 Å². The average molecular weight is 430 g/mol. The van der Waals surface area contributed by atoms with Gasteiger partial charge in [0.15, 0.2) is 0 Å². The molecule has 0 amide bonds. The Hall–Kier alpha value is -2.88. The van der Waals surface area contributed by atoms with Crippen LogP contribution < -0.4 is 5.46 Å². The molecule has 32 heavy (non-hydrogen) atoms. The fourth-order valence-corrected chi connectivity index (χ4v) is 3.64. The Balaban J connectivity index is 1.77. The summed E-state index contributed by atoms with van der Waals surface area (Å²) in [5, 5.41) is 0.0695. The molecular formula is C29H29BO2. The lowest BCUT2D eigenvalue weighted by Crippen LogP contribution is -2.41. The molecule has 2 nitrogen and oxygen atoms in total. The Morgan fingerprint density at radius 3 is 2.03 bits per heavy atom. The summed E-state index contributed by atoms with van der Waals surface area (Å²) in [6.07, 6.45) is -0.364. The summed E-state index contributed by atoms with van der Waals surface area (Å²) in [6, 6.07) is 4.78. The maximum Gasteiger partial charge on any atom is 0.494 e. The number of benzene rings is 4. The van der Waals surface area contributed by atoms with Gasteiger partial charge in [-0.25, -0.2) is 0 Å². The standard InChI is InChI=1S/C29H29BO2/c1-28(2)29(3,4)32-30(31-28)24-17-14-21(15-18-24)20-23-16-19-26(22-10-6-5-7-11-22)27-13-9-8-12-25(23)27/h5-19H,20H2,1-4H3/i8D,9D,12D,13D,14D,15D,16D,17D,18D,19D. The molecule has 5 rings (SSSR count). The van der Waals surface area contributed by atoms with Crippen molar-refractivity contribution in [1.82, 2.24) is 0 Å². The van der Waals surface area contributed by atoms with Gasteiger partial charge in [0.1, 0.15) is 0 Å². The first-order valence-corrected chi connectivity index (χ1v) is 10.5. The van der Waals surface area contributed by atoms with Crippen molar-refractivity contribution in [3.05, 3.63) is 102 Å². The fraction of sp³-hybridized carbons (Fsp3) is 0.241. The highest BCUT2D eigenvalue weighted by Gasteiger charge is 2.51. The highest BCUT2D eigenvalue weighted by molar-refractivity contribution is 6.62. The van der Waals surface area contributed by atoms with E-state index in [1.54, 1.807) is 30.3 Å². The first-order chi connectivity index (χ1) is 19.5. The van der Waals surface area contributed by atoms with Crippen LogP contribution in [-0.2, 0) is 15.7 Å². The smallest absolute Gasteiger partial charge is 0.399 e. The van der Waals surface area contributed by atoms with Crippen LogP contribution in [0.1, 0.15) is 52.5 Å². The lowest BCUT2D eigenvalue weighted by atomic mass is 9.78. The van der Waals surface area contributed by atoms with Crippen LogP contribution in [0.2, 0.25) is 0 Å². The third-order valence-corrected chi connectivity index (χ3v) is 6.18. The minimum absolute atomic E-state index is 0.00718. The number of hydrogen-bond donors (Lipinski definition) is 0. The predicted molar refractivity (Wildman–Crippen MR) is 134 cm³/mol. The van der Waals surface area contributed by atoms with E-state index in [-0.39, 0.29) is 81.6 Å². The van der Waals surface area contributed by atoms with Crippen molar-refractivity contribution in [1.29, 1.82) is 0 Å². The first-order valence-electron chi connectivity index (χ1n) is 15.5. The average Bonchev–Trinajstić information content (AvgIpc) is 3.15. The Labute approximate surface area is 205 Å². The third-order valence-electron chi connectivity index (χ3n) is 6.18. The third kappa shape index (κ3) is 3.76. The monoisotopic (exact) mass is 430 g/mol. The molecule has 0 atom stereocenters. The largest absolute Gasteiger partial charge is 0.494 e. The second-order valence-electron chi connectivity index (χ2n) is 8.88. The van der Waals surface area contributed by atoms with Crippen LogP contribution in [0.5, 0.6) is 0 Å². The van der Waals surface area contributed by atoms with E-state index in [4.69, 9.17) is 23.0 Å². The summed E-state index contributed by atoms with van der Waals surface area (Å²) in [6.45, 7) is 7.27. The van der Waals surface area contributed by atoms with E-state index in [0.29, 0.717) is 5.56 Å². The lowest BCUT2D eigenvalue weighted by Gasteiger charge is -2.32. The zero-order chi connectivity index (χ0) is 31.0. The minimum atomic E-state index is -1.14. The molecule has 0 spiro atoms. The Morgan fingerprint density at radius 1 is 0.750 bits per heavy atom. The van der Waals surface area contributed by atoms with Crippen LogP contribution in [0.15, 0.2) is 90.8 Å². The van der Waals surface area contributed by atoms with Crippen molar-refractivity contribution in [2.45, 2.75) is 45.3 Å². The summed E-state index contributed by atoms with van der Waals surface area (Å²) in [5.74, 6) is 0. The van der Waals surface area contributed by atoms with Crippen molar-refractivity contribution in [3.8, 4) is 11.1 Å². The molecule has 0 aliphatic carbocycles. The normalized spacial score (nSPS) is 21.4. The van der Waals surface area contributed by atoms with Gasteiger partial charge in [0, 0.05) is 0 Å². The molecule has 4 aromatic rings. The second kappa shape index (κ2) is 7.92. The van der Waals surface area contributed by atoms with Gasteiger partial charge in [-0.1, -0.05) is 90.8 Å². The van der Waals surface area contributed by atoms with Crippen molar-refractivity contribution >= 4 is 23.4 Å². The van der Waals surface area contributed by atoms with E-state index in [1.165, 1.54) is 0 Å². The zero-order valence-corrected chi connectivity index (χ0v) is 18.5.